The number of carboxylic acids is 1. The molecule has 1 aromatic rings. The fourth-order valence-corrected chi connectivity index (χ4v) is 1.50. The predicted molar refractivity (Wildman–Crippen MR) is 91.0 cm³/mol. The fourth-order valence-electron chi connectivity index (χ4n) is 0.732. The Kier molecular flexibility index (Phi) is 17.4. The van der Waals surface area contributed by atoms with Crippen LogP contribution in [0, 0.1) is 12.0 Å². The minimum atomic E-state index is -3.66. The number of esters is 1. The van der Waals surface area contributed by atoms with Gasteiger partial charge in [-0.05, 0) is 24.3 Å². The Morgan fingerprint density at radius 1 is 1.12 bits per heavy atom. The largest absolute Gasteiger partial charge is 0.508 e. The van der Waals surface area contributed by atoms with Crippen LogP contribution < -0.4 is 0 Å². The minimum absolute atomic E-state index is 0.00840. The van der Waals surface area contributed by atoms with Crippen LogP contribution in [0.4, 0.5) is 0 Å². The molecule has 0 aliphatic carbocycles. The Labute approximate surface area is 146 Å². The topological polar surface area (TPSA) is 118 Å². The summed E-state index contributed by atoms with van der Waals surface area (Å²) >= 11 is 0. The van der Waals surface area contributed by atoms with Gasteiger partial charge in [-0.15, -0.1) is 0 Å². The smallest absolute Gasteiger partial charge is 0.316 e. The van der Waals surface area contributed by atoms with Gasteiger partial charge in [-0.1, -0.05) is 19.8 Å². The maximum absolute atomic E-state index is 10.6. The first-order chi connectivity index (χ1) is 11.0. The Morgan fingerprint density at radius 3 is 1.71 bits per heavy atom. The maximum atomic E-state index is 10.6. The van der Waals surface area contributed by atoms with Gasteiger partial charge in [-0.2, -0.15) is 0 Å². The molecule has 1 aromatic carbocycles. The number of phenolic OH excluding ortho intramolecular Hbond substituents is 1. The van der Waals surface area contributed by atoms with E-state index in [2.05, 4.69) is 16.8 Å². The molecule has 0 spiro atoms. The van der Waals surface area contributed by atoms with Crippen molar-refractivity contribution in [3.63, 3.8) is 0 Å². The number of carbonyl (C=O) groups is 2. The average molecular weight is 381 g/mol. The molecular weight excluding hydrogens is 360 g/mol. The Bertz CT molecular complexity index is 637. The van der Waals surface area contributed by atoms with Gasteiger partial charge in [-0.25, -0.2) is 8.42 Å². The van der Waals surface area contributed by atoms with Crippen LogP contribution in [0.15, 0.2) is 29.2 Å². The summed E-state index contributed by atoms with van der Waals surface area (Å²) in [6.07, 6.45) is 2.15. The molecule has 0 aliphatic heterocycles. The molecule has 0 saturated heterocycles. The molecule has 0 radical (unpaired) electrons. The highest BCUT2D eigenvalue weighted by atomic mass is 35.7. The first-order valence-corrected chi connectivity index (χ1v) is 8.84. The Morgan fingerprint density at radius 2 is 1.50 bits per heavy atom. The summed E-state index contributed by atoms with van der Waals surface area (Å²) in [4.78, 5) is 18.9. The quantitative estimate of drug-likeness (QED) is 0.436. The van der Waals surface area contributed by atoms with E-state index in [0.717, 1.165) is 6.92 Å². The normalized spacial score (nSPS) is 8.25. The third-order valence-electron chi connectivity index (χ3n) is 1.42. The van der Waals surface area contributed by atoms with Crippen molar-refractivity contribution in [1.29, 1.82) is 0 Å². The Hall–Kier alpha value is -2.24. The zero-order valence-electron chi connectivity index (χ0n) is 14.0. The standard InChI is InChI=1S/C6H5ClO3S.C5H6O2.C2H4O2.C2H6/c7-11(9,10)6-3-1-5(8)2-4-6;1-3-4-7-5(2)6;1-2(3)4;1-2/h1-4,8H;1-2H3;1H3,(H,3,4);1-2H3. The van der Waals surface area contributed by atoms with Crippen molar-refractivity contribution in [2.75, 3.05) is 0 Å². The van der Waals surface area contributed by atoms with Gasteiger partial charge in [0.2, 0.25) is 0 Å². The van der Waals surface area contributed by atoms with Gasteiger partial charge in [0.05, 0.1) is 4.90 Å². The van der Waals surface area contributed by atoms with E-state index in [1.165, 1.54) is 31.2 Å². The van der Waals surface area contributed by atoms with Crippen molar-refractivity contribution in [2.24, 2.45) is 0 Å². The van der Waals surface area contributed by atoms with Crippen LogP contribution in [0.2, 0.25) is 0 Å². The minimum Gasteiger partial charge on any atom is -0.508 e. The number of rotatable bonds is 1. The van der Waals surface area contributed by atoms with Crippen LogP contribution in [0.25, 0.3) is 0 Å². The van der Waals surface area contributed by atoms with E-state index in [9.17, 15) is 13.2 Å². The van der Waals surface area contributed by atoms with Crippen LogP contribution in [-0.4, -0.2) is 30.6 Å². The second-order valence-corrected chi connectivity index (χ2v) is 5.96. The number of carbonyl (C=O) groups excluding carboxylic acids is 1. The molecule has 136 valence electrons. The second-order valence-electron chi connectivity index (χ2n) is 3.40. The second kappa shape index (κ2) is 15.6. The summed E-state index contributed by atoms with van der Waals surface area (Å²) in [7, 11) is 1.34. The number of carboxylic acid groups (broad SMARTS) is 1. The highest BCUT2D eigenvalue weighted by molar-refractivity contribution is 8.13. The lowest BCUT2D eigenvalue weighted by atomic mass is 10.3. The number of aliphatic carboxylic acids is 1. The fraction of sp³-hybridized carbons (Fsp3) is 0.333. The number of phenols is 1. The van der Waals surface area contributed by atoms with Crippen LogP contribution in [0.3, 0.4) is 0 Å². The third-order valence-corrected chi connectivity index (χ3v) is 2.78. The number of hydrogen-bond donors (Lipinski definition) is 2. The van der Waals surface area contributed by atoms with Gasteiger partial charge in [0.25, 0.3) is 15.0 Å². The van der Waals surface area contributed by atoms with Gasteiger partial charge < -0.3 is 14.9 Å². The van der Waals surface area contributed by atoms with Crippen molar-refractivity contribution < 1.29 is 33.0 Å². The highest BCUT2D eigenvalue weighted by Crippen LogP contribution is 2.17. The predicted octanol–water partition coefficient (Wildman–Crippen LogP) is 2.97. The monoisotopic (exact) mass is 380 g/mol. The van der Waals surface area contributed by atoms with E-state index in [1.807, 2.05) is 13.8 Å². The first-order valence-electron chi connectivity index (χ1n) is 6.53. The lowest BCUT2D eigenvalue weighted by molar-refractivity contribution is -0.135. The summed E-state index contributed by atoms with van der Waals surface area (Å²) in [5.41, 5.74) is 0. The number of ether oxygens (including phenoxy) is 1. The lowest BCUT2D eigenvalue weighted by Crippen LogP contribution is -1.88. The van der Waals surface area contributed by atoms with Crippen molar-refractivity contribution in [3.05, 3.63) is 24.3 Å². The molecule has 0 amide bonds. The van der Waals surface area contributed by atoms with E-state index in [-0.39, 0.29) is 16.6 Å². The molecule has 0 aliphatic rings. The average Bonchev–Trinajstić information content (AvgIpc) is 2.47. The van der Waals surface area contributed by atoms with E-state index >= 15 is 0 Å². The van der Waals surface area contributed by atoms with Crippen molar-refractivity contribution >= 4 is 31.7 Å². The molecular formula is C15H21ClO7S. The number of aromatic hydroxyl groups is 1. The zero-order valence-corrected chi connectivity index (χ0v) is 15.6. The van der Waals surface area contributed by atoms with Gasteiger partial charge >= 0.3 is 5.97 Å². The number of halogens is 1. The molecule has 24 heavy (non-hydrogen) atoms. The van der Waals surface area contributed by atoms with Crippen LogP contribution in [-0.2, 0) is 23.4 Å². The maximum Gasteiger partial charge on any atom is 0.316 e. The lowest BCUT2D eigenvalue weighted by Gasteiger charge is -1.94. The summed E-state index contributed by atoms with van der Waals surface area (Å²) < 4.78 is 25.4. The van der Waals surface area contributed by atoms with E-state index < -0.39 is 15.0 Å². The summed E-state index contributed by atoms with van der Waals surface area (Å²) in [6.45, 7) is 7.99. The van der Waals surface area contributed by atoms with Gasteiger partial charge in [0.15, 0.2) is 0 Å². The molecule has 7 nitrogen and oxygen atoms in total. The summed E-state index contributed by atoms with van der Waals surface area (Å²) in [5, 5.41) is 16.2. The Balaban J connectivity index is -0.000000293. The third kappa shape index (κ3) is 22.0. The van der Waals surface area contributed by atoms with E-state index in [4.69, 9.17) is 25.7 Å². The molecule has 0 aromatic heterocycles. The SMILES string of the molecule is CC.CC#COC(C)=O.CC(=O)O.O=S(=O)(Cl)c1ccc(O)cc1. The van der Waals surface area contributed by atoms with Crippen LogP contribution in [0.5, 0.6) is 5.75 Å². The van der Waals surface area contributed by atoms with Gasteiger partial charge in [-0.3, -0.25) is 9.59 Å². The van der Waals surface area contributed by atoms with E-state index in [1.54, 1.807) is 6.92 Å². The highest BCUT2D eigenvalue weighted by Gasteiger charge is 2.07. The van der Waals surface area contributed by atoms with Crippen molar-refractivity contribution in [2.45, 2.75) is 39.5 Å². The van der Waals surface area contributed by atoms with E-state index in [0.29, 0.717) is 0 Å². The molecule has 0 bridgehead atoms. The van der Waals surface area contributed by atoms with Crippen molar-refractivity contribution in [1.82, 2.24) is 0 Å². The number of benzene rings is 1. The molecule has 0 saturated carbocycles. The molecule has 0 atom stereocenters. The summed E-state index contributed by atoms with van der Waals surface area (Å²) in [6, 6.07) is 4.99. The first kappa shape index (κ1) is 26.6. The van der Waals surface area contributed by atoms with Crippen LogP contribution >= 0.6 is 10.7 Å². The molecule has 9 heteroatoms. The molecule has 0 fully saturated rings. The number of hydrogen-bond acceptors (Lipinski definition) is 6. The molecule has 0 heterocycles. The summed E-state index contributed by atoms with van der Waals surface area (Å²) in [5.74, 6) is 1.21. The van der Waals surface area contributed by atoms with Gasteiger partial charge in [0, 0.05) is 31.5 Å². The molecule has 2 N–H and O–H groups in total. The van der Waals surface area contributed by atoms with Gasteiger partial charge in [0.1, 0.15) is 11.9 Å². The zero-order chi connectivity index (χ0) is 19.8. The molecule has 1 rings (SSSR count). The van der Waals surface area contributed by atoms with Crippen molar-refractivity contribution in [3.8, 4) is 17.8 Å². The molecule has 0 unspecified atom stereocenters. The van der Waals surface area contributed by atoms with Crippen LogP contribution in [0.1, 0.15) is 34.6 Å².